The molecule has 0 amide bonds. The molecule has 0 bridgehead atoms. The van der Waals surface area contributed by atoms with Gasteiger partial charge in [0.25, 0.3) is 5.69 Å². The Morgan fingerprint density at radius 1 is 0.857 bits per heavy atom. The molecule has 0 atom stereocenters. The first-order valence-electron chi connectivity index (χ1n) is 8.62. The van der Waals surface area contributed by atoms with Crippen molar-refractivity contribution < 1.29 is 10.0 Å². The number of aromatic hydroxyl groups is 1. The van der Waals surface area contributed by atoms with E-state index in [4.69, 9.17) is 16.7 Å². The molecule has 0 heterocycles. The maximum absolute atomic E-state index is 10.1. The van der Waals surface area contributed by atoms with Crippen LogP contribution >= 0.6 is 23.4 Å². The van der Waals surface area contributed by atoms with Crippen molar-refractivity contribution in [3.8, 4) is 5.75 Å². The molecule has 4 nitrogen and oxygen atoms in total. The highest BCUT2D eigenvalue weighted by Gasteiger charge is 2.07. The highest BCUT2D eigenvalue weighted by molar-refractivity contribution is 7.99. The van der Waals surface area contributed by atoms with Crippen molar-refractivity contribution in [3.05, 3.63) is 92.0 Å². The third-order valence-electron chi connectivity index (χ3n) is 4.02. The minimum atomic E-state index is -0.578. The summed E-state index contributed by atoms with van der Waals surface area (Å²) < 4.78 is 0. The second-order valence-corrected chi connectivity index (χ2v) is 8.02. The molecular weight excluding hydrogens is 394 g/mol. The van der Waals surface area contributed by atoms with Crippen LogP contribution in [0.5, 0.6) is 5.75 Å². The van der Waals surface area contributed by atoms with Crippen LogP contribution in [0.4, 0.5) is 5.69 Å². The van der Waals surface area contributed by atoms with Crippen LogP contribution in [0.1, 0.15) is 22.3 Å². The van der Waals surface area contributed by atoms with E-state index in [0.29, 0.717) is 0 Å². The molecule has 0 spiro atoms. The predicted molar refractivity (Wildman–Crippen MR) is 116 cm³/mol. The Labute approximate surface area is 174 Å². The van der Waals surface area contributed by atoms with E-state index in [-0.39, 0.29) is 16.5 Å². The van der Waals surface area contributed by atoms with Gasteiger partial charge >= 0.3 is 0 Å². The highest BCUT2D eigenvalue weighted by Crippen LogP contribution is 2.33. The summed E-state index contributed by atoms with van der Waals surface area (Å²) in [5, 5.41) is 19.0. The van der Waals surface area contributed by atoms with Crippen LogP contribution in [0.3, 0.4) is 0 Å². The third kappa shape index (κ3) is 6.01. The number of benzene rings is 3. The number of phenols is 1. The number of phenolic OH excluding ortho intramolecular Hbond substituents is 1. The van der Waals surface area contributed by atoms with Crippen molar-refractivity contribution >= 4 is 29.1 Å². The lowest BCUT2D eigenvalue weighted by atomic mass is 10.2. The molecule has 3 aromatic carbocycles. The van der Waals surface area contributed by atoms with Gasteiger partial charge in [0.05, 0.1) is 9.95 Å². The summed E-state index contributed by atoms with van der Waals surface area (Å²) in [4.78, 5) is 12.3. The van der Waals surface area contributed by atoms with E-state index in [1.165, 1.54) is 44.2 Å². The van der Waals surface area contributed by atoms with Gasteiger partial charge in [0.2, 0.25) is 0 Å². The van der Waals surface area contributed by atoms with Crippen LogP contribution in [0.15, 0.2) is 64.4 Å². The zero-order chi connectivity index (χ0) is 20.8. The Hall–Kier alpha value is -2.50. The van der Waals surface area contributed by atoms with E-state index in [9.17, 15) is 10.1 Å². The van der Waals surface area contributed by atoms with Crippen LogP contribution in [0.2, 0.25) is 5.02 Å². The Balaban J connectivity index is 0.000000221. The Bertz CT molecular complexity index is 956. The van der Waals surface area contributed by atoms with Crippen molar-refractivity contribution in [1.82, 2.24) is 0 Å². The molecule has 1 N–H and O–H groups in total. The third-order valence-corrected chi connectivity index (χ3v) is 5.68. The van der Waals surface area contributed by atoms with Crippen molar-refractivity contribution in [1.29, 1.82) is 0 Å². The number of aryl methyl sites for hydroxylation is 4. The van der Waals surface area contributed by atoms with Gasteiger partial charge in [-0.05, 0) is 57.0 Å². The molecule has 0 radical (unpaired) electrons. The van der Waals surface area contributed by atoms with Crippen LogP contribution in [0, 0.1) is 37.8 Å². The number of nitro groups is 1. The zero-order valence-electron chi connectivity index (χ0n) is 16.2. The van der Waals surface area contributed by atoms with E-state index >= 15 is 0 Å². The maximum Gasteiger partial charge on any atom is 0.271 e. The molecule has 0 aromatic heterocycles. The first-order chi connectivity index (χ1) is 13.2. The van der Waals surface area contributed by atoms with E-state index in [0.717, 1.165) is 6.07 Å². The van der Waals surface area contributed by atoms with Crippen molar-refractivity contribution in [2.24, 2.45) is 0 Å². The van der Waals surface area contributed by atoms with E-state index in [1.54, 1.807) is 0 Å². The fraction of sp³-hybridized carbons (Fsp3) is 0.182. The number of hydrogen-bond acceptors (Lipinski definition) is 4. The lowest BCUT2D eigenvalue weighted by Gasteiger charge is -2.09. The predicted octanol–water partition coefficient (Wildman–Crippen LogP) is 7.03. The number of nitrogens with zero attached hydrogens (tertiary/aromatic N) is 1. The fourth-order valence-electron chi connectivity index (χ4n) is 2.56. The number of nitro benzene ring substituents is 1. The molecule has 0 unspecified atom stereocenters. The van der Waals surface area contributed by atoms with Gasteiger partial charge in [0.1, 0.15) is 5.75 Å². The minimum Gasteiger partial charge on any atom is -0.506 e. The monoisotopic (exact) mass is 415 g/mol. The first-order valence-corrected chi connectivity index (χ1v) is 9.82. The molecule has 0 aliphatic carbocycles. The summed E-state index contributed by atoms with van der Waals surface area (Å²) >= 11 is 7.26. The van der Waals surface area contributed by atoms with Gasteiger partial charge in [-0.3, -0.25) is 10.1 Å². The lowest BCUT2D eigenvalue weighted by molar-refractivity contribution is -0.384. The first kappa shape index (κ1) is 21.8. The summed E-state index contributed by atoms with van der Waals surface area (Å²) in [6.45, 7) is 8.63. The lowest BCUT2D eigenvalue weighted by Crippen LogP contribution is -1.86. The van der Waals surface area contributed by atoms with Crippen LogP contribution in [-0.4, -0.2) is 10.0 Å². The molecule has 6 heteroatoms. The van der Waals surface area contributed by atoms with E-state index in [2.05, 4.69) is 64.1 Å². The number of non-ortho nitro benzene ring substituents is 1. The number of halogens is 1. The molecule has 3 rings (SSSR count). The SMILES string of the molecule is Cc1ccc(Sc2ccc(C)cc2C)c(C)c1.O=[N+]([O-])c1ccc(O)c(Cl)c1. The normalized spacial score (nSPS) is 10.2. The average molecular weight is 416 g/mol. The maximum atomic E-state index is 10.1. The molecule has 3 aromatic rings. The fourth-order valence-corrected chi connectivity index (χ4v) is 3.68. The van der Waals surface area contributed by atoms with Crippen molar-refractivity contribution in [3.63, 3.8) is 0 Å². The topological polar surface area (TPSA) is 63.4 Å². The minimum absolute atomic E-state index is 0.0146. The Kier molecular flexibility index (Phi) is 7.49. The van der Waals surface area contributed by atoms with Gasteiger partial charge in [0, 0.05) is 21.9 Å². The molecule has 0 aliphatic rings. The quantitative estimate of drug-likeness (QED) is 0.368. The molecule has 28 heavy (non-hydrogen) atoms. The number of hydrogen-bond donors (Lipinski definition) is 1. The van der Waals surface area contributed by atoms with E-state index < -0.39 is 4.92 Å². The Morgan fingerprint density at radius 3 is 1.75 bits per heavy atom. The van der Waals surface area contributed by atoms with E-state index in [1.807, 2.05) is 11.8 Å². The van der Waals surface area contributed by atoms with Gasteiger partial charge in [-0.1, -0.05) is 58.8 Å². The summed E-state index contributed by atoms with van der Waals surface area (Å²) in [6, 6.07) is 16.7. The standard InChI is InChI=1S/C16H18S.C6H4ClNO3/c1-11-5-7-15(13(3)9-11)17-16-8-6-12(2)10-14(16)4;7-5-3-4(8(10)11)1-2-6(5)9/h5-10H,1-4H3;1-3,9H. The molecule has 0 saturated carbocycles. The summed E-state index contributed by atoms with van der Waals surface area (Å²) in [5.74, 6) is -0.155. The van der Waals surface area contributed by atoms with Gasteiger partial charge in [-0.2, -0.15) is 0 Å². The van der Waals surface area contributed by atoms with Gasteiger partial charge < -0.3 is 5.11 Å². The van der Waals surface area contributed by atoms with Crippen LogP contribution < -0.4 is 0 Å². The average Bonchev–Trinajstić information content (AvgIpc) is 2.62. The summed E-state index contributed by atoms with van der Waals surface area (Å²) in [6.07, 6.45) is 0. The zero-order valence-corrected chi connectivity index (χ0v) is 17.8. The smallest absolute Gasteiger partial charge is 0.271 e. The molecule has 146 valence electrons. The second-order valence-electron chi connectivity index (χ2n) is 6.53. The molecule has 0 aliphatic heterocycles. The van der Waals surface area contributed by atoms with Gasteiger partial charge in [-0.15, -0.1) is 0 Å². The van der Waals surface area contributed by atoms with Gasteiger partial charge in [-0.25, -0.2) is 0 Å². The van der Waals surface area contributed by atoms with Crippen molar-refractivity contribution in [2.45, 2.75) is 37.5 Å². The molecular formula is C22H22ClNO3S. The number of rotatable bonds is 3. The second kappa shape index (κ2) is 9.62. The van der Waals surface area contributed by atoms with Crippen molar-refractivity contribution in [2.75, 3.05) is 0 Å². The van der Waals surface area contributed by atoms with Gasteiger partial charge in [0.15, 0.2) is 0 Å². The summed E-state index contributed by atoms with van der Waals surface area (Å²) in [7, 11) is 0. The highest BCUT2D eigenvalue weighted by atomic mass is 35.5. The Morgan fingerprint density at radius 2 is 1.36 bits per heavy atom. The molecule has 0 fully saturated rings. The molecule has 0 saturated heterocycles. The van der Waals surface area contributed by atoms with Crippen LogP contribution in [0.25, 0.3) is 0 Å². The largest absolute Gasteiger partial charge is 0.506 e. The summed E-state index contributed by atoms with van der Waals surface area (Å²) in [5.41, 5.74) is 5.23. The van der Waals surface area contributed by atoms with Crippen LogP contribution in [-0.2, 0) is 0 Å².